The highest BCUT2D eigenvalue weighted by Crippen LogP contribution is 2.50. The minimum Gasteiger partial charge on any atom is -0.444 e. The largest absolute Gasteiger partial charge is 0.444 e. The van der Waals surface area contributed by atoms with Crippen molar-refractivity contribution >= 4 is 18.5 Å². The molecule has 0 aromatic carbocycles. The summed E-state index contributed by atoms with van der Waals surface area (Å²) in [6, 6.07) is 0.645. The monoisotopic (exact) mass is 290 g/mol. The van der Waals surface area contributed by atoms with Crippen LogP contribution in [-0.2, 0) is 4.74 Å². The Morgan fingerprint density at radius 2 is 1.95 bits per heavy atom. The molecule has 1 atom stereocenters. The molecule has 0 bridgehead atoms. The molecule has 1 amide bonds. The lowest BCUT2D eigenvalue weighted by molar-refractivity contribution is 0.0252. The molecule has 4 nitrogen and oxygen atoms in total. The van der Waals surface area contributed by atoms with Crippen molar-refractivity contribution in [3.63, 3.8) is 0 Å². The second-order valence-corrected chi connectivity index (χ2v) is 7.11. The van der Waals surface area contributed by atoms with Crippen LogP contribution in [0.5, 0.6) is 0 Å². The number of nitrogens with two attached hydrogens (primary N) is 1. The smallest absolute Gasteiger partial charge is 0.407 e. The first-order valence-electron chi connectivity index (χ1n) is 7.03. The number of hydrogen-bond donors (Lipinski definition) is 2. The van der Waals surface area contributed by atoms with E-state index in [0.717, 1.165) is 25.7 Å². The molecule has 0 heterocycles. The van der Waals surface area contributed by atoms with Gasteiger partial charge < -0.3 is 15.8 Å². The molecule has 1 unspecified atom stereocenters. The Bertz CT molecular complexity index is 316. The van der Waals surface area contributed by atoms with Gasteiger partial charge in [0, 0.05) is 12.1 Å². The number of alkyl carbamates (subject to hydrolysis) is 1. The highest BCUT2D eigenvalue weighted by molar-refractivity contribution is 5.85. The molecule has 1 spiro atoms. The highest BCUT2D eigenvalue weighted by atomic mass is 35.5. The van der Waals surface area contributed by atoms with E-state index in [-0.39, 0.29) is 24.5 Å². The van der Waals surface area contributed by atoms with Crippen molar-refractivity contribution in [1.82, 2.24) is 5.32 Å². The first kappa shape index (κ1) is 16.6. The molecular weight excluding hydrogens is 264 g/mol. The third-order valence-corrected chi connectivity index (χ3v) is 4.05. The van der Waals surface area contributed by atoms with E-state index in [0.29, 0.717) is 11.5 Å². The molecule has 2 aliphatic rings. The normalized spacial score (nSPS) is 34.1. The molecule has 19 heavy (non-hydrogen) atoms. The van der Waals surface area contributed by atoms with Crippen molar-refractivity contribution < 1.29 is 9.53 Å². The van der Waals surface area contributed by atoms with E-state index in [2.05, 4.69) is 5.32 Å². The number of ether oxygens (including phenoxy) is 1. The van der Waals surface area contributed by atoms with Crippen LogP contribution in [0.25, 0.3) is 0 Å². The molecule has 0 aromatic heterocycles. The Morgan fingerprint density at radius 3 is 2.47 bits per heavy atom. The van der Waals surface area contributed by atoms with Crippen LogP contribution in [0, 0.1) is 5.41 Å². The van der Waals surface area contributed by atoms with Gasteiger partial charge in [-0.2, -0.15) is 0 Å². The molecule has 2 fully saturated rings. The number of carbonyl (C=O) groups excluding carboxylic acids is 1. The van der Waals surface area contributed by atoms with Crippen molar-refractivity contribution in [2.24, 2.45) is 11.1 Å². The molecule has 112 valence electrons. The number of hydrogen-bond acceptors (Lipinski definition) is 3. The Morgan fingerprint density at radius 1 is 1.32 bits per heavy atom. The summed E-state index contributed by atoms with van der Waals surface area (Å²) >= 11 is 0. The molecule has 2 saturated carbocycles. The van der Waals surface area contributed by atoms with Crippen molar-refractivity contribution in [1.29, 1.82) is 0 Å². The summed E-state index contributed by atoms with van der Waals surface area (Å²) in [5, 5.41) is 3.01. The van der Waals surface area contributed by atoms with Gasteiger partial charge in [0.1, 0.15) is 5.60 Å². The van der Waals surface area contributed by atoms with Crippen LogP contribution in [0.1, 0.15) is 59.3 Å². The average Bonchev–Trinajstić information content (AvgIpc) is 2.12. The van der Waals surface area contributed by atoms with Crippen LogP contribution >= 0.6 is 12.4 Å². The maximum absolute atomic E-state index is 11.8. The second kappa shape index (κ2) is 5.88. The average molecular weight is 291 g/mol. The van der Waals surface area contributed by atoms with Crippen LogP contribution in [0.4, 0.5) is 4.79 Å². The maximum atomic E-state index is 11.8. The Balaban J connectivity index is 0.00000180. The number of amides is 1. The van der Waals surface area contributed by atoms with Crippen molar-refractivity contribution in [3.8, 4) is 0 Å². The number of carbonyl (C=O) groups is 1. The molecule has 0 radical (unpaired) electrons. The van der Waals surface area contributed by atoms with Gasteiger partial charge in [0.2, 0.25) is 0 Å². The fraction of sp³-hybridized carbons (Fsp3) is 0.929. The van der Waals surface area contributed by atoms with Gasteiger partial charge in [-0.25, -0.2) is 4.79 Å². The van der Waals surface area contributed by atoms with Gasteiger partial charge in [-0.3, -0.25) is 0 Å². The topological polar surface area (TPSA) is 64.3 Å². The maximum Gasteiger partial charge on any atom is 0.407 e. The van der Waals surface area contributed by atoms with Crippen molar-refractivity contribution in [2.75, 3.05) is 0 Å². The summed E-state index contributed by atoms with van der Waals surface area (Å²) in [6.07, 6.45) is 6.56. The van der Waals surface area contributed by atoms with E-state index >= 15 is 0 Å². The van der Waals surface area contributed by atoms with E-state index in [1.807, 2.05) is 20.8 Å². The van der Waals surface area contributed by atoms with Gasteiger partial charge in [-0.05, 0) is 58.3 Å². The zero-order valence-corrected chi connectivity index (χ0v) is 13.0. The minimum absolute atomic E-state index is 0. The van der Waals surface area contributed by atoms with Crippen LogP contribution in [0.3, 0.4) is 0 Å². The highest BCUT2D eigenvalue weighted by Gasteiger charge is 2.45. The number of nitrogens with one attached hydrogen (secondary N) is 1. The SMILES string of the molecule is CC(C)(C)OC(=O)NC1CCCC2(CC(N)C2)C1.Cl. The van der Waals surface area contributed by atoms with Crippen molar-refractivity contribution in [3.05, 3.63) is 0 Å². The van der Waals surface area contributed by atoms with Crippen molar-refractivity contribution in [2.45, 2.75) is 77.0 Å². The predicted molar refractivity (Wildman–Crippen MR) is 78.5 cm³/mol. The van der Waals surface area contributed by atoms with Gasteiger partial charge in [-0.15, -0.1) is 12.4 Å². The lowest BCUT2D eigenvalue weighted by Crippen LogP contribution is -2.52. The third-order valence-electron chi connectivity index (χ3n) is 4.05. The van der Waals surface area contributed by atoms with Gasteiger partial charge in [-0.1, -0.05) is 6.42 Å². The standard InChI is InChI=1S/C14H26N2O2.ClH/c1-13(2,3)18-12(17)16-11-5-4-6-14(9-11)7-10(15)8-14;/h10-11H,4-9,15H2,1-3H3,(H,16,17);1H. The number of rotatable bonds is 1. The molecule has 0 saturated heterocycles. The summed E-state index contributed by atoms with van der Waals surface area (Å²) in [6.45, 7) is 5.67. The Kier molecular flexibility index (Phi) is 5.13. The van der Waals surface area contributed by atoms with E-state index in [4.69, 9.17) is 10.5 Å². The summed E-state index contributed by atoms with van der Waals surface area (Å²) in [4.78, 5) is 11.8. The van der Waals surface area contributed by atoms with Gasteiger partial charge >= 0.3 is 6.09 Å². The molecule has 0 aromatic rings. The molecule has 3 N–H and O–H groups in total. The van der Waals surface area contributed by atoms with Gasteiger partial charge in [0.05, 0.1) is 0 Å². The zero-order chi connectivity index (χ0) is 13.4. The summed E-state index contributed by atoms with van der Waals surface area (Å²) in [7, 11) is 0. The lowest BCUT2D eigenvalue weighted by Gasteiger charge is -2.51. The van der Waals surface area contributed by atoms with E-state index < -0.39 is 5.60 Å². The molecule has 0 aliphatic heterocycles. The van der Waals surface area contributed by atoms with Crippen LogP contribution in [0.15, 0.2) is 0 Å². The van der Waals surface area contributed by atoms with Crippen LogP contribution in [0.2, 0.25) is 0 Å². The van der Waals surface area contributed by atoms with E-state index in [9.17, 15) is 4.79 Å². The fourth-order valence-electron chi connectivity index (χ4n) is 3.47. The van der Waals surface area contributed by atoms with E-state index in [1.54, 1.807) is 0 Å². The summed E-state index contributed by atoms with van der Waals surface area (Å²) in [5.74, 6) is 0. The molecular formula is C14H27ClN2O2. The predicted octanol–water partition coefficient (Wildman–Crippen LogP) is 2.98. The zero-order valence-electron chi connectivity index (χ0n) is 12.2. The van der Waals surface area contributed by atoms with Gasteiger partial charge in [0.15, 0.2) is 0 Å². The summed E-state index contributed by atoms with van der Waals surface area (Å²) < 4.78 is 5.31. The summed E-state index contributed by atoms with van der Waals surface area (Å²) in [5.41, 5.74) is 5.89. The lowest BCUT2D eigenvalue weighted by atomic mass is 9.57. The molecule has 5 heteroatoms. The third kappa shape index (κ3) is 4.53. The number of halogens is 1. The molecule has 2 rings (SSSR count). The quantitative estimate of drug-likeness (QED) is 0.780. The minimum atomic E-state index is -0.421. The Hall–Kier alpha value is -0.480. The second-order valence-electron chi connectivity index (χ2n) is 7.11. The Labute approximate surface area is 122 Å². The first-order valence-corrected chi connectivity index (χ1v) is 7.03. The fourth-order valence-corrected chi connectivity index (χ4v) is 3.47. The molecule has 2 aliphatic carbocycles. The van der Waals surface area contributed by atoms with Crippen LogP contribution in [-0.4, -0.2) is 23.8 Å². The van der Waals surface area contributed by atoms with Gasteiger partial charge in [0.25, 0.3) is 0 Å². The van der Waals surface area contributed by atoms with Crippen LogP contribution < -0.4 is 11.1 Å². The van der Waals surface area contributed by atoms with E-state index in [1.165, 1.54) is 12.8 Å². The first-order chi connectivity index (χ1) is 8.28.